The third-order valence-corrected chi connectivity index (χ3v) is 7.74. The lowest BCUT2D eigenvalue weighted by atomic mass is 9.95. The van der Waals surface area contributed by atoms with Crippen molar-refractivity contribution in [1.29, 1.82) is 0 Å². The zero-order valence-electron chi connectivity index (χ0n) is 15.9. The van der Waals surface area contributed by atoms with Crippen molar-refractivity contribution in [3.63, 3.8) is 0 Å². The Morgan fingerprint density at radius 3 is 2.11 bits per heavy atom. The molecule has 0 saturated carbocycles. The zero-order chi connectivity index (χ0) is 20.1. The first-order valence-corrected chi connectivity index (χ1v) is 11.0. The Bertz CT molecular complexity index is 973. The molecular formula is C21H24N2O4S. The Hall–Kier alpha value is -2.22. The molecule has 2 atom stereocenters. The van der Waals surface area contributed by atoms with Crippen molar-refractivity contribution in [2.24, 2.45) is 5.92 Å². The highest BCUT2D eigenvalue weighted by Crippen LogP contribution is 2.45. The van der Waals surface area contributed by atoms with Gasteiger partial charge in [-0.1, -0.05) is 48.5 Å². The largest absolute Gasteiger partial charge is 0.391 e. The van der Waals surface area contributed by atoms with Gasteiger partial charge in [0.15, 0.2) is 0 Å². The monoisotopic (exact) mass is 400 g/mol. The van der Waals surface area contributed by atoms with Gasteiger partial charge in [-0.05, 0) is 22.3 Å². The molecular weight excluding hydrogens is 376 g/mol. The predicted octanol–water partition coefficient (Wildman–Crippen LogP) is 1.51. The summed E-state index contributed by atoms with van der Waals surface area (Å²) in [7, 11) is -0.488. The van der Waals surface area contributed by atoms with Crippen LogP contribution in [0.1, 0.15) is 17.0 Å². The van der Waals surface area contributed by atoms with Crippen LogP contribution in [0.2, 0.25) is 0 Å². The van der Waals surface area contributed by atoms with E-state index in [0.29, 0.717) is 0 Å². The fraction of sp³-hybridized carbons (Fsp3) is 0.381. The molecule has 1 N–H and O–H groups in total. The van der Waals surface area contributed by atoms with E-state index in [9.17, 15) is 18.3 Å². The molecule has 148 valence electrons. The average molecular weight is 401 g/mol. The van der Waals surface area contributed by atoms with Gasteiger partial charge in [0.05, 0.1) is 17.8 Å². The molecule has 28 heavy (non-hydrogen) atoms. The molecule has 1 saturated heterocycles. The van der Waals surface area contributed by atoms with Crippen LogP contribution >= 0.6 is 0 Å². The number of carbonyl (C=O) groups is 1. The Morgan fingerprint density at radius 1 is 1.04 bits per heavy atom. The lowest BCUT2D eigenvalue weighted by Crippen LogP contribution is -2.35. The molecule has 0 radical (unpaired) electrons. The summed E-state index contributed by atoms with van der Waals surface area (Å²) in [4.78, 5) is 15.0. The quantitative estimate of drug-likeness (QED) is 0.844. The standard InChI is InChI=1S/C21H24N2O4S/c1-22(2)28(26,27)13-14-11-23(12-19(14)24)21(25)20-17-9-5-3-7-15(17)16-8-4-6-10-18(16)20/h3-10,14,19-20,24H,11-13H2,1-2H3/t14-,19-/m0/s1. The van der Waals surface area contributed by atoms with Crippen molar-refractivity contribution in [3.05, 3.63) is 59.7 Å². The number of aliphatic hydroxyl groups is 1. The van der Waals surface area contributed by atoms with Gasteiger partial charge in [-0.15, -0.1) is 0 Å². The first-order valence-electron chi connectivity index (χ1n) is 9.35. The summed E-state index contributed by atoms with van der Waals surface area (Å²) in [5.74, 6) is -1.14. The van der Waals surface area contributed by atoms with Crippen LogP contribution in [0, 0.1) is 5.92 Å². The van der Waals surface area contributed by atoms with Crippen molar-refractivity contribution < 1.29 is 18.3 Å². The normalized spacial score (nSPS) is 21.8. The molecule has 1 aliphatic heterocycles. The highest BCUT2D eigenvalue weighted by atomic mass is 32.2. The number of nitrogens with zero attached hydrogens (tertiary/aromatic N) is 2. The fourth-order valence-corrected chi connectivity index (χ4v) is 5.39. The molecule has 1 heterocycles. The summed E-state index contributed by atoms with van der Waals surface area (Å²) >= 11 is 0. The Labute approximate surface area is 165 Å². The van der Waals surface area contributed by atoms with Crippen LogP contribution < -0.4 is 0 Å². The van der Waals surface area contributed by atoms with Gasteiger partial charge in [0.25, 0.3) is 0 Å². The van der Waals surface area contributed by atoms with Gasteiger partial charge < -0.3 is 10.0 Å². The summed E-state index contributed by atoms with van der Waals surface area (Å²) in [5, 5.41) is 10.4. The van der Waals surface area contributed by atoms with Gasteiger partial charge in [0.2, 0.25) is 15.9 Å². The van der Waals surface area contributed by atoms with E-state index in [-0.39, 0.29) is 24.7 Å². The maximum atomic E-state index is 13.4. The van der Waals surface area contributed by atoms with Gasteiger partial charge in [-0.2, -0.15) is 0 Å². The minimum absolute atomic E-state index is 0.0822. The van der Waals surface area contributed by atoms with E-state index in [1.165, 1.54) is 14.1 Å². The van der Waals surface area contributed by atoms with E-state index in [0.717, 1.165) is 26.6 Å². The maximum Gasteiger partial charge on any atom is 0.234 e. The molecule has 0 spiro atoms. The van der Waals surface area contributed by atoms with Crippen molar-refractivity contribution in [1.82, 2.24) is 9.21 Å². The zero-order valence-corrected chi connectivity index (χ0v) is 16.8. The van der Waals surface area contributed by atoms with E-state index in [1.807, 2.05) is 48.5 Å². The molecule has 1 amide bonds. The van der Waals surface area contributed by atoms with Crippen molar-refractivity contribution >= 4 is 15.9 Å². The minimum Gasteiger partial charge on any atom is -0.391 e. The summed E-state index contributed by atoms with van der Waals surface area (Å²) in [6, 6.07) is 15.8. The molecule has 7 heteroatoms. The third kappa shape index (κ3) is 3.13. The van der Waals surface area contributed by atoms with Gasteiger partial charge in [0, 0.05) is 33.1 Å². The minimum atomic E-state index is -3.44. The molecule has 2 aliphatic rings. The van der Waals surface area contributed by atoms with E-state index < -0.39 is 28.0 Å². The summed E-state index contributed by atoms with van der Waals surface area (Å²) < 4.78 is 25.6. The molecule has 1 fully saturated rings. The van der Waals surface area contributed by atoms with E-state index in [4.69, 9.17) is 0 Å². The number of hydrogen-bond acceptors (Lipinski definition) is 4. The van der Waals surface area contributed by atoms with Gasteiger partial charge in [-0.3, -0.25) is 4.79 Å². The van der Waals surface area contributed by atoms with Gasteiger partial charge in [-0.25, -0.2) is 12.7 Å². The SMILES string of the molecule is CN(C)S(=O)(=O)C[C@@H]1CN(C(=O)C2c3ccccc3-c3ccccc32)C[C@@H]1O. The molecule has 2 aromatic rings. The topological polar surface area (TPSA) is 77.9 Å². The second-order valence-corrected chi connectivity index (χ2v) is 9.97. The maximum absolute atomic E-state index is 13.4. The van der Waals surface area contributed by atoms with Gasteiger partial charge in [0.1, 0.15) is 0 Å². The predicted molar refractivity (Wildman–Crippen MR) is 107 cm³/mol. The van der Waals surface area contributed by atoms with Crippen LogP contribution in [0.4, 0.5) is 0 Å². The average Bonchev–Trinajstić information content (AvgIpc) is 3.19. The number of rotatable bonds is 4. The lowest BCUT2D eigenvalue weighted by Gasteiger charge is -2.22. The number of amides is 1. The number of sulfonamides is 1. The highest BCUT2D eigenvalue weighted by molar-refractivity contribution is 7.89. The van der Waals surface area contributed by atoms with Crippen LogP contribution in [-0.2, 0) is 14.8 Å². The number of benzene rings is 2. The number of β-amino-alcohol motifs (C(OH)–C–C–N with tert-alkyl or cyclic N) is 1. The van der Waals surface area contributed by atoms with E-state index in [2.05, 4.69) is 0 Å². The third-order valence-electron chi connectivity index (χ3n) is 5.78. The van der Waals surface area contributed by atoms with Crippen molar-refractivity contribution in [3.8, 4) is 11.1 Å². The molecule has 0 aromatic heterocycles. The lowest BCUT2D eigenvalue weighted by molar-refractivity contribution is -0.131. The molecule has 0 bridgehead atoms. The van der Waals surface area contributed by atoms with Gasteiger partial charge >= 0.3 is 0 Å². The second-order valence-electron chi connectivity index (χ2n) is 7.74. The van der Waals surface area contributed by atoms with Crippen LogP contribution in [-0.4, -0.2) is 67.7 Å². The first kappa shape index (κ1) is 19.1. The number of hydrogen-bond donors (Lipinski definition) is 1. The Kier molecular flexibility index (Phi) is 4.77. The number of carbonyl (C=O) groups excluding carboxylic acids is 1. The number of likely N-dealkylation sites (tertiary alicyclic amines) is 1. The molecule has 6 nitrogen and oxygen atoms in total. The molecule has 2 aromatic carbocycles. The summed E-state index contributed by atoms with van der Waals surface area (Å²) in [6.45, 7) is 0.404. The second kappa shape index (κ2) is 6.99. The summed E-state index contributed by atoms with van der Waals surface area (Å²) in [5.41, 5.74) is 4.05. The molecule has 1 aliphatic carbocycles. The molecule has 0 unspecified atom stereocenters. The Morgan fingerprint density at radius 2 is 1.57 bits per heavy atom. The number of aliphatic hydroxyl groups excluding tert-OH is 1. The summed E-state index contributed by atoms with van der Waals surface area (Å²) in [6.07, 6.45) is -0.842. The first-order chi connectivity index (χ1) is 13.3. The van der Waals surface area contributed by atoms with E-state index >= 15 is 0 Å². The van der Waals surface area contributed by atoms with Crippen LogP contribution in [0.3, 0.4) is 0 Å². The van der Waals surface area contributed by atoms with Crippen molar-refractivity contribution in [2.75, 3.05) is 32.9 Å². The van der Waals surface area contributed by atoms with Crippen LogP contribution in [0.25, 0.3) is 11.1 Å². The molecule has 4 rings (SSSR count). The van der Waals surface area contributed by atoms with Crippen molar-refractivity contribution in [2.45, 2.75) is 12.0 Å². The smallest absolute Gasteiger partial charge is 0.234 e. The van der Waals surface area contributed by atoms with E-state index in [1.54, 1.807) is 4.90 Å². The Balaban J connectivity index is 1.61. The van der Waals surface area contributed by atoms with Crippen LogP contribution in [0.5, 0.6) is 0 Å². The highest BCUT2D eigenvalue weighted by Gasteiger charge is 2.42. The van der Waals surface area contributed by atoms with Crippen LogP contribution in [0.15, 0.2) is 48.5 Å². The fourth-order valence-electron chi connectivity index (χ4n) is 4.22. The number of fused-ring (bicyclic) bond motifs is 3.